The van der Waals surface area contributed by atoms with E-state index in [0.717, 1.165) is 11.3 Å². The number of aryl methyl sites for hydroxylation is 1. The minimum atomic E-state index is -0.692. The van der Waals surface area contributed by atoms with E-state index in [1.165, 1.54) is 17.1 Å². The first-order valence-corrected chi connectivity index (χ1v) is 7.35. The summed E-state index contributed by atoms with van der Waals surface area (Å²) in [7, 11) is 0. The van der Waals surface area contributed by atoms with Crippen LogP contribution in [0.4, 0.5) is 16.2 Å². The standard InChI is InChI=1S/C16H15N7O2/c1-10-5-6-13(8-14(10)23-9-18-21-22-23)19-15(24)11-3-2-4-12(7-11)20-16(17)25/h2-9H,1H3,(H,19,24)(H3,17,20,25). The number of carbonyl (C=O) groups is 2. The Hall–Kier alpha value is -3.75. The molecule has 3 aromatic rings. The van der Waals surface area contributed by atoms with Crippen molar-refractivity contribution in [3.63, 3.8) is 0 Å². The number of nitrogens with zero attached hydrogens (tertiary/aromatic N) is 4. The van der Waals surface area contributed by atoms with E-state index in [4.69, 9.17) is 5.73 Å². The highest BCUT2D eigenvalue weighted by Crippen LogP contribution is 2.19. The minimum absolute atomic E-state index is 0.320. The molecule has 0 spiro atoms. The van der Waals surface area contributed by atoms with Gasteiger partial charge in [-0.05, 0) is 53.2 Å². The number of rotatable bonds is 4. The van der Waals surface area contributed by atoms with E-state index >= 15 is 0 Å². The van der Waals surface area contributed by atoms with Crippen LogP contribution < -0.4 is 16.4 Å². The van der Waals surface area contributed by atoms with Crippen LogP contribution in [-0.2, 0) is 0 Å². The number of urea groups is 1. The zero-order chi connectivity index (χ0) is 17.8. The fraction of sp³-hybridized carbons (Fsp3) is 0.0625. The Kier molecular flexibility index (Phi) is 4.38. The van der Waals surface area contributed by atoms with Gasteiger partial charge in [-0.3, -0.25) is 4.79 Å². The lowest BCUT2D eigenvalue weighted by atomic mass is 10.1. The van der Waals surface area contributed by atoms with Crippen molar-refractivity contribution in [2.45, 2.75) is 6.92 Å². The van der Waals surface area contributed by atoms with Gasteiger partial charge in [0, 0.05) is 16.9 Å². The molecule has 0 radical (unpaired) electrons. The second-order valence-corrected chi connectivity index (χ2v) is 5.28. The monoisotopic (exact) mass is 337 g/mol. The lowest BCUT2D eigenvalue weighted by molar-refractivity contribution is 0.102. The molecular formula is C16H15N7O2. The molecule has 1 aromatic heterocycles. The predicted molar refractivity (Wildman–Crippen MR) is 91.5 cm³/mol. The molecule has 126 valence electrons. The van der Waals surface area contributed by atoms with Gasteiger partial charge in [-0.2, -0.15) is 0 Å². The number of primary amides is 1. The number of aromatic nitrogens is 4. The van der Waals surface area contributed by atoms with Gasteiger partial charge in [-0.25, -0.2) is 9.48 Å². The molecule has 9 heteroatoms. The summed E-state index contributed by atoms with van der Waals surface area (Å²) in [6.45, 7) is 1.92. The van der Waals surface area contributed by atoms with Gasteiger partial charge in [-0.1, -0.05) is 12.1 Å². The van der Waals surface area contributed by atoms with Gasteiger partial charge >= 0.3 is 6.03 Å². The Morgan fingerprint density at radius 3 is 2.60 bits per heavy atom. The minimum Gasteiger partial charge on any atom is -0.351 e. The van der Waals surface area contributed by atoms with Gasteiger partial charge in [0.25, 0.3) is 5.91 Å². The van der Waals surface area contributed by atoms with Gasteiger partial charge in [0.15, 0.2) is 0 Å². The second kappa shape index (κ2) is 6.79. The number of hydrogen-bond donors (Lipinski definition) is 3. The van der Waals surface area contributed by atoms with Gasteiger partial charge < -0.3 is 16.4 Å². The summed E-state index contributed by atoms with van der Waals surface area (Å²) in [5, 5.41) is 16.3. The van der Waals surface area contributed by atoms with E-state index in [9.17, 15) is 9.59 Å². The lowest BCUT2D eigenvalue weighted by Crippen LogP contribution is -2.20. The first-order chi connectivity index (χ1) is 12.0. The van der Waals surface area contributed by atoms with Crippen LogP contribution in [0.5, 0.6) is 0 Å². The zero-order valence-corrected chi connectivity index (χ0v) is 13.3. The second-order valence-electron chi connectivity index (χ2n) is 5.28. The van der Waals surface area contributed by atoms with Crippen LogP contribution in [0.3, 0.4) is 0 Å². The van der Waals surface area contributed by atoms with Crippen LogP contribution in [-0.4, -0.2) is 32.1 Å². The highest BCUT2D eigenvalue weighted by Gasteiger charge is 2.10. The van der Waals surface area contributed by atoms with Crippen molar-refractivity contribution in [1.82, 2.24) is 20.2 Å². The molecule has 0 aliphatic carbocycles. The van der Waals surface area contributed by atoms with E-state index in [-0.39, 0.29) is 5.91 Å². The van der Waals surface area contributed by atoms with Gasteiger partial charge in [0.05, 0.1) is 5.69 Å². The van der Waals surface area contributed by atoms with Crippen LogP contribution in [0, 0.1) is 6.92 Å². The third-order valence-electron chi connectivity index (χ3n) is 3.46. The molecule has 2 aromatic carbocycles. The largest absolute Gasteiger partial charge is 0.351 e. The Labute approximate surface area is 142 Å². The number of tetrazole rings is 1. The Morgan fingerprint density at radius 1 is 1.08 bits per heavy atom. The Morgan fingerprint density at radius 2 is 1.88 bits per heavy atom. The quantitative estimate of drug-likeness (QED) is 0.668. The molecule has 0 atom stereocenters. The normalized spacial score (nSPS) is 10.3. The summed E-state index contributed by atoms with van der Waals surface area (Å²) in [6.07, 6.45) is 1.48. The van der Waals surface area contributed by atoms with Gasteiger partial charge in [0.2, 0.25) is 0 Å². The number of benzene rings is 2. The molecule has 25 heavy (non-hydrogen) atoms. The molecule has 0 unspecified atom stereocenters. The number of amides is 3. The van der Waals surface area contributed by atoms with E-state index < -0.39 is 6.03 Å². The predicted octanol–water partition coefficient (Wildman–Crippen LogP) is 1.71. The van der Waals surface area contributed by atoms with Crippen molar-refractivity contribution in [3.8, 4) is 5.69 Å². The zero-order valence-electron chi connectivity index (χ0n) is 13.3. The van der Waals surface area contributed by atoms with E-state index in [1.54, 1.807) is 30.3 Å². The first-order valence-electron chi connectivity index (χ1n) is 7.35. The summed E-state index contributed by atoms with van der Waals surface area (Å²) < 4.78 is 1.52. The van der Waals surface area contributed by atoms with Crippen LogP contribution in [0.25, 0.3) is 5.69 Å². The van der Waals surface area contributed by atoms with Crippen molar-refractivity contribution in [2.75, 3.05) is 10.6 Å². The SMILES string of the molecule is Cc1ccc(NC(=O)c2cccc(NC(N)=O)c2)cc1-n1cnnn1. The highest BCUT2D eigenvalue weighted by molar-refractivity contribution is 6.05. The first kappa shape index (κ1) is 16.1. The van der Waals surface area contributed by atoms with Crippen molar-refractivity contribution in [1.29, 1.82) is 0 Å². The molecule has 0 aliphatic heterocycles. The topological polar surface area (TPSA) is 128 Å². The summed E-state index contributed by atoms with van der Waals surface area (Å²) in [5.41, 5.74) is 8.22. The molecule has 9 nitrogen and oxygen atoms in total. The van der Waals surface area contributed by atoms with E-state index in [0.29, 0.717) is 16.9 Å². The van der Waals surface area contributed by atoms with Crippen LogP contribution in [0.2, 0.25) is 0 Å². The average molecular weight is 337 g/mol. The molecule has 3 rings (SSSR count). The summed E-state index contributed by atoms with van der Waals surface area (Å²) in [6, 6.07) is 11.2. The number of carbonyl (C=O) groups excluding carboxylic acids is 2. The van der Waals surface area contributed by atoms with Crippen LogP contribution in [0.15, 0.2) is 48.8 Å². The summed E-state index contributed by atoms with van der Waals surface area (Å²) in [5.74, 6) is -0.320. The fourth-order valence-electron chi connectivity index (χ4n) is 2.29. The van der Waals surface area contributed by atoms with Crippen molar-refractivity contribution in [2.24, 2.45) is 5.73 Å². The fourth-order valence-corrected chi connectivity index (χ4v) is 2.29. The molecule has 4 N–H and O–H groups in total. The molecule has 0 aliphatic rings. The molecule has 0 bridgehead atoms. The maximum absolute atomic E-state index is 12.4. The maximum Gasteiger partial charge on any atom is 0.316 e. The van der Waals surface area contributed by atoms with E-state index in [2.05, 4.69) is 26.2 Å². The number of nitrogens with one attached hydrogen (secondary N) is 2. The smallest absolute Gasteiger partial charge is 0.316 e. The molecule has 3 amide bonds. The third kappa shape index (κ3) is 3.78. The van der Waals surface area contributed by atoms with Crippen molar-refractivity contribution in [3.05, 3.63) is 59.9 Å². The number of nitrogens with two attached hydrogens (primary N) is 1. The molecule has 0 fully saturated rings. The van der Waals surface area contributed by atoms with Gasteiger partial charge in [0.1, 0.15) is 6.33 Å². The van der Waals surface area contributed by atoms with E-state index in [1.807, 2.05) is 13.0 Å². The summed E-state index contributed by atoms with van der Waals surface area (Å²) in [4.78, 5) is 23.3. The lowest BCUT2D eigenvalue weighted by Gasteiger charge is -2.10. The van der Waals surface area contributed by atoms with Crippen LogP contribution in [0.1, 0.15) is 15.9 Å². The van der Waals surface area contributed by atoms with Crippen molar-refractivity contribution < 1.29 is 9.59 Å². The Bertz CT molecular complexity index is 922. The van der Waals surface area contributed by atoms with Gasteiger partial charge in [-0.15, -0.1) is 5.10 Å². The van der Waals surface area contributed by atoms with Crippen molar-refractivity contribution >= 4 is 23.3 Å². The molecule has 1 heterocycles. The summed E-state index contributed by atoms with van der Waals surface area (Å²) >= 11 is 0. The number of anilines is 2. The Balaban J connectivity index is 1.82. The third-order valence-corrected chi connectivity index (χ3v) is 3.46. The highest BCUT2D eigenvalue weighted by atomic mass is 16.2. The maximum atomic E-state index is 12.4. The molecular weight excluding hydrogens is 322 g/mol. The average Bonchev–Trinajstić information content (AvgIpc) is 3.10. The van der Waals surface area contributed by atoms with Crippen LogP contribution >= 0.6 is 0 Å². The molecule has 0 saturated heterocycles. The molecule has 0 saturated carbocycles. The number of hydrogen-bond acceptors (Lipinski definition) is 5.